The van der Waals surface area contributed by atoms with E-state index in [1.165, 1.54) is 36.9 Å². The maximum atomic E-state index is 6.33. The first-order valence-corrected chi connectivity index (χ1v) is 13.2. The molecule has 0 saturated carbocycles. The molecule has 0 unspecified atom stereocenters. The summed E-state index contributed by atoms with van der Waals surface area (Å²) in [6, 6.07) is 17.5. The molecule has 0 bridgehead atoms. The van der Waals surface area contributed by atoms with Crippen LogP contribution in [0.15, 0.2) is 59.3 Å². The molecule has 3 heterocycles. The van der Waals surface area contributed by atoms with Gasteiger partial charge in [0.15, 0.2) is 0 Å². The van der Waals surface area contributed by atoms with Gasteiger partial charge in [0.25, 0.3) is 0 Å². The van der Waals surface area contributed by atoms with Crippen molar-refractivity contribution in [2.24, 2.45) is 5.92 Å². The maximum Gasteiger partial charge on any atom is 0.231 e. The first kappa shape index (κ1) is 22.2. The van der Waals surface area contributed by atoms with Crippen molar-refractivity contribution in [3.8, 4) is 11.3 Å². The lowest BCUT2D eigenvalue weighted by Crippen LogP contribution is -2.12. The van der Waals surface area contributed by atoms with Gasteiger partial charge in [-0.2, -0.15) is 0 Å². The summed E-state index contributed by atoms with van der Waals surface area (Å²) in [5.74, 6) is 0.575. The van der Waals surface area contributed by atoms with Gasteiger partial charge in [0.05, 0.1) is 11.1 Å². The van der Waals surface area contributed by atoms with E-state index in [9.17, 15) is 0 Å². The molecular weight excluding hydrogens is 448 g/mol. The number of benzene rings is 3. The van der Waals surface area contributed by atoms with Crippen LogP contribution in [0.25, 0.3) is 54.2 Å². The summed E-state index contributed by atoms with van der Waals surface area (Å²) in [6.07, 6.45) is 2.68. The minimum atomic E-state index is 0.00238. The van der Waals surface area contributed by atoms with Crippen LogP contribution in [-0.4, -0.2) is 9.97 Å². The molecule has 3 aromatic heterocycles. The third-order valence-electron chi connectivity index (χ3n) is 6.94. The predicted octanol–water partition coefficient (Wildman–Crippen LogP) is 9.22. The van der Waals surface area contributed by atoms with E-state index >= 15 is 0 Å². The Hall–Kier alpha value is -3.24. The summed E-state index contributed by atoms with van der Waals surface area (Å²) in [4.78, 5) is 10.8. The van der Waals surface area contributed by atoms with Crippen molar-refractivity contribution in [2.75, 3.05) is 0 Å². The molecule has 0 N–H and O–H groups in total. The number of thiophene rings is 1. The molecule has 35 heavy (non-hydrogen) atoms. The number of nitrogens with zero attached hydrogens (tertiary/aromatic N) is 2. The van der Waals surface area contributed by atoms with Crippen molar-refractivity contribution in [2.45, 2.75) is 53.4 Å². The predicted molar refractivity (Wildman–Crippen MR) is 150 cm³/mol. The van der Waals surface area contributed by atoms with Crippen LogP contribution in [0.5, 0.6) is 0 Å². The molecule has 0 aliphatic heterocycles. The molecule has 0 aliphatic rings. The van der Waals surface area contributed by atoms with Crippen LogP contribution in [0, 0.1) is 12.8 Å². The summed E-state index contributed by atoms with van der Waals surface area (Å²) in [5, 5.41) is 6.00. The van der Waals surface area contributed by atoms with Crippen molar-refractivity contribution in [3.05, 3.63) is 70.9 Å². The fourth-order valence-corrected chi connectivity index (χ4v) is 6.50. The average Bonchev–Trinajstić information content (AvgIpc) is 3.34. The molecule has 0 radical (unpaired) electrons. The molecule has 0 aliphatic carbocycles. The normalized spacial score (nSPS) is 12.7. The highest BCUT2D eigenvalue weighted by molar-refractivity contribution is 7.19. The van der Waals surface area contributed by atoms with E-state index in [2.05, 4.69) is 95.1 Å². The first-order valence-electron chi connectivity index (χ1n) is 12.3. The number of rotatable bonds is 3. The molecular formula is C31H30N2OS. The van der Waals surface area contributed by atoms with Gasteiger partial charge >= 0.3 is 0 Å². The summed E-state index contributed by atoms with van der Waals surface area (Å²) >= 11 is 1.87. The summed E-state index contributed by atoms with van der Waals surface area (Å²) in [7, 11) is 0. The number of hydrogen-bond donors (Lipinski definition) is 0. The molecule has 4 heteroatoms. The van der Waals surface area contributed by atoms with Crippen molar-refractivity contribution in [1.29, 1.82) is 0 Å². The Morgan fingerprint density at radius 3 is 2.51 bits per heavy atom. The van der Waals surface area contributed by atoms with Crippen molar-refractivity contribution in [1.82, 2.24) is 9.97 Å². The zero-order valence-corrected chi connectivity index (χ0v) is 22.0. The smallest absolute Gasteiger partial charge is 0.231 e. The van der Waals surface area contributed by atoms with Crippen LogP contribution in [0.2, 0.25) is 0 Å². The third-order valence-corrected chi connectivity index (χ3v) is 8.06. The monoisotopic (exact) mass is 478 g/mol. The van der Waals surface area contributed by atoms with E-state index in [-0.39, 0.29) is 5.41 Å². The Labute approximate surface area is 209 Å². The maximum absolute atomic E-state index is 6.33. The molecule has 0 atom stereocenters. The Morgan fingerprint density at radius 1 is 0.943 bits per heavy atom. The van der Waals surface area contributed by atoms with Gasteiger partial charge in [-0.1, -0.05) is 58.9 Å². The Morgan fingerprint density at radius 2 is 1.74 bits per heavy atom. The van der Waals surface area contributed by atoms with Gasteiger partial charge in [-0.3, -0.25) is 0 Å². The summed E-state index contributed by atoms with van der Waals surface area (Å²) in [6.45, 7) is 13.6. The van der Waals surface area contributed by atoms with Crippen LogP contribution in [0.4, 0.5) is 0 Å². The largest absolute Gasteiger partial charge is 0.438 e. The molecule has 176 valence electrons. The molecule has 6 rings (SSSR count). The second-order valence-electron chi connectivity index (χ2n) is 11.0. The molecule has 3 nitrogen and oxygen atoms in total. The van der Waals surface area contributed by atoms with Gasteiger partial charge in [0.1, 0.15) is 11.9 Å². The van der Waals surface area contributed by atoms with Crippen molar-refractivity contribution < 1.29 is 4.42 Å². The standard InChI is InChI=1S/C31H30N2OS/c1-17(2)13-22-18(3)35-25-12-11-24-27(26(22)25)28-29(32-16-33-30(28)34-24)20-14-19-9-7-8-10-21(19)23(15-20)31(4,5)6/h7-12,14-17H,13H2,1-6H3. The van der Waals surface area contributed by atoms with Crippen LogP contribution in [0.3, 0.4) is 0 Å². The summed E-state index contributed by atoms with van der Waals surface area (Å²) in [5.41, 5.74) is 6.34. The first-order chi connectivity index (χ1) is 16.7. The van der Waals surface area contributed by atoms with Crippen LogP contribution in [0.1, 0.15) is 50.6 Å². The number of aromatic nitrogens is 2. The van der Waals surface area contributed by atoms with Gasteiger partial charge in [-0.05, 0) is 70.8 Å². The van der Waals surface area contributed by atoms with Gasteiger partial charge in [-0.25, -0.2) is 9.97 Å². The highest BCUT2D eigenvalue weighted by Crippen LogP contribution is 2.44. The average molecular weight is 479 g/mol. The molecule has 3 aromatic carbocycles. The Kier molecular flexibility index (Phi) is 5.01. The van der Waals surface area contributed by atoms with Crippen LogP contribution < -0.4 is 0 Å². The van der Waals surface area contributed by atoms with Gasteiger partial charge in [-0.15, -0.1) is 11.3 Å². The minimum Gasteiger partial charge on any atom is -0.438 e. The zero-order chi connectivity index (χ0) is 24.5. The SMILES string of the molecule is Cc1sc2ccc3oc4ncnc(-c5cc(C(C)(C)C)c6ccccc6c5)c4c3c2c1CC(C)C. The van der Waals surface area contributed by atoms with Gasteiger partial charge in [0.2, 0.25) is 5.71 Å². The molecule has 0 amide bonds. The third kappa shape index (κ3) is 3.54. The molecule has 0 fully saturated rings. The number of aryl methyl sites for hydroxylation is 1. The van der Waals surface area contributed by atoms with Crippen molar-refractivity contribution in [3.63, 3.8) is 0 Å². The fourth-order valence-electron chi connectivity index (χ4n) is 5.40. The Balaban J connectivity index is 1.75. The second-order valence-corrected chi connectivity index (χ2v) is 12.3. The number of fused-ring (bicyclic) bond motifs is 6. The highest BCUT2D eigenvalue weighted by atomic mass is 32.1. The summed E-state index contributed by atoms with van der Waals surface area (Å²) < 4.78 is 7.63. The zero-order valence-electron chi connectivity index (χ0n) is 21.2. The number of hydrogen-bond acceptors (Lipinski definition) is 4. The van der Waals surface area contributed by atoms with E-state index in [0.29, 0.717) is 11.6 Å². The van der Waals surface area contributed by atoms with E-state index in [1.54, 1.807) is 6.33 Å². The van der Waals surface area contributed by atoms with E-state index in [0.717, 1.165) is 34.0 Å². The second kappa shape index (κ2) is 7.89. The van der Waals surface area contributed by atoms with E-state index in [4.69, 9.17) is 9.40 Å². The molecule has 6 aromatic rings. The molecule has 0 saturated heterocycles. The lowest BCUT2D eigenvalue weighted by atomic mass is 9.82. The lowest BCUT2D eigenvalue weighted by molar-refractivity contribution is 0.596. The van der Waals surface area contributed by atoms with E-state index < -0.39 is 0 Å². The van der Waals surface area contributed by atoms with Gasteiger partial charge < -0.3 is 4.42 Å². The topological polar surface area (TPSA) is 38.9 Å². The number of furan rings is 1. The highest BCUT2D eigenvalue weighted by Gasteiger charge is 2.23. The minimum absolute atomic E-state index is 0.00238. The lowest BCUT2D eigenvalue weighted by Gasteiger charge is -2.22. The van der Waals surface area contributed by atoms with Gasteiger partial charge in [0, 0.05) is 25.9 Å². The Bertz CT molecular complexity index is 1750. The fraction of sp³-hybridized carbons (Fsp3) is 0.290. The van der Waals surface area contributed by atoms with Crippen LogP contribution in [-0.2, 0) is 11.8 Å². The molecule has 0 spiro atoms. The van der Waals surface area contributed by atoms with Crippen molar-refractivity contribution >= 4 is 54.3 Å². The van der Waals surface area contributed by atoms with E-state index in [1.807, 2.05) is 11.3 Å². The quantitative estimate of drug-likeness (QED) is 0.254. The van der Waals surface area contributed by atoms with Crippen LogP contribution >= 0.6 is 11.3 Å².